The van der Waals surface area contributed by atoms with Gasteiger partial charge in [-0.05, 0) is 36.1 Å². The number of hydrogen-bond acceptors (Lipinski definition) is 5. The Labute approximate surface area is 176 Å². The molecule has 1 amide bonds. The van der Waals surface area contributed by atoms with E-state index in [2.05, 4.69) is 6.07 Å². The van der Waals surface area contributed by atoms with Crippen molar-refractivity contribution in [3.05, 3.63) is 59.7 Å². The van der Waals surface area contributed by atoms with E-state index >= 15 is 0 Å². The molecule has 1 fully saturated rings. The molecule has 1 saturated heterocycles. The van der Waals surface area contributed by atoms with Crippen molar-refractivity contribution in [1.29, 1.82) is 0 Å². The number of nitrogens with zero attached hydrogens (tertiary/aromatic N) is 1. The zero-order valence-corrected chi connectivity index (χ0v) is 17.3. The summed E-state index contributed by atoms with van der Waals surface area (Å²) in [6, 6.07) is 15.7. The summed E-state index contributed by atoms with van der Waals surface area (Å²) in [5, 5.41) is 10.3. The molecule has 154 valence electrons. The lowest BCUT2D eigenvalue weighted by atomic mass is 10.0. The molecular weight excluding hydrogens is 386 g/mol. The number of rotatable bonds is 6. The van der Waals surface area contributed by atoms with Gasteiger partial charge in [0.2, 0.25) is 5.91 Å². The molecule has 2 aliphatic heterocycles. The maximum Gasteiger partial charge on any atom is 0.233 e. The molecular formula is C23H27NO4S. The molecule has 2 heterocycles. The summed E-state index contributed by atoms with van der Waals surface area (Å²) in [5.41, 5.74) is 1.99. The smallest absolute Gasteiger partial charge is 0.233 e. The molecule has 0 aliphatic carbocycles. The highest BCUT2D eigenvalue weighted by molar-refractivity contribution is 7.99. The molecule has 2 aliphatic rings. The van der Waals surface area contributed by atoms with Gasteiger partial charge in [0.25, 0.3) is 0 Å². The number of aliphatic hydroxyl groups is 1. The minimum Gasteiger partial charge on any atom is -0.490 e. The average Bonchev–Trinajstić information content (AvgIpc) is 3.13. The second kappa shape index (κ2) is 9.55. The fourth-order valence-corrected chi connectivity index (χ4v) is 4.79. The fraction of sp³-hybridized carbons (Fsp3) is 0.435. The number of amides is 1. The SMILES string of the molecule is O=C(CSCC(O)c1ccccc1)N1CCCC1c1ccc2c(c1)OCCCO2. The van der Waals surface area contributed by atoms with E-state index in [9.17, 15) is 9.90 Å². The van der Waals surface area contributed by atoms with E-state index in [-0.39, 0.29) is 11.9 Å². The van der Waals surface area contributed by atoms with Crippen molar-refractivity contribution in [3.8, 4) is 11.5 Å². The van der Waals surface area contributed by atoms with Gasteiger partial charge in [-0.15, -0.1) is 11.8 Å². The molecule has 0 aromatic heterocycles. The number of aliphatic hydroxyl groups excluding tert-OH is 1. The number of ether oxygens (including phenoxy) is 2. The van der Waals surface area contributed by atoms with Crippen molar-refractivity contribution in [2.24, 2.45) is 0 Å². The monoisotopic (exact) mass is 413 g/mol. The largest absolute Gasteiger partial charge is 0.490 e. The predicted molar refractivity (Wildman–Crippen MR) is 114 cm³/mol. The highest BCUT2D eigenvalue weighted by Crippen LogP contribution is 2.38. The van der Waals surface area contributed by atoms with Crippen LogP contribution in [0.3, 0.4) is 0 Å². The second-order valence-corrected chi connectivity index (χ2v) is 8.47. The Kier molecular flexibility index (Phi) is 6.62. The Hall–Kier alpha value is -2.18. The third-order valence-corrected chi connectivity index (χ3v) is 6.42. The summed E-state index contributed by atoms with van der Waals surface area (Å²) < 4.78 is 11.5. The minimum atomic E-state index is -0.551. The molecule has 2 aromatic rings. The van der Waals surface area contributed by atoms with Crippen molar-refractivity contribution >= 4 is 17.7 Å². The molecule has 1 N–H and O–H groups in total. The summed E-state index contributed by atoms with van der Waals surface area (Å²) in [6.07, 6.45) is 2.29. The van der Waals surface area contributed by atoms with E-state index in [1.165, 1.54) is 11.8 Å². The van der Waals surface area contributed by atoms with Gasteiger partial charge >= 0.3 is 0 Å². The Morgan fingerprint density at radius 2 is 1.90 bits per heavy atom. The lowest BCUT2D eigenvalue weighted by Gasteiger charge is -2.26. The summed E-state index contributed by atoms with van der Waals surface area (Å²) in [5.74, 6) is 2.58. The third-order valence-electron chi connectivity index (χ3n) is 5.42. The number of fused-ring (bicyclic) bond motifs is 1. The maximum absolute atomic E-state index is 12.9. The van der Waals surface area contributed by atoms with E-state index in [1.807, 2.05) is 47.4 Å². The van der Waals surface area contributed by atoms with Crippen LogP contribution in [0.25, 0.3) is 0 Å². The van der Waals surface area contributed by atoms with Crippen LogP contribution in [0.1, 0.15) is 42.5 Å². The molecule has 4 rings (SSSR count). The molecule has 0 spiro atoms. The molecule has 2 unspecified atom stereocenters. The fourth-order valence-electron chi connectivity index (χ4n) is 3.91. The number of thioether (sulfide) groups is 1. The van der Waals surface area contributed by atoms with Gasteiger partial charge in [0, 0.05) is 18.7 Å². The van der Waals surface area contributed by atoms with E-state index in [0.29, 0.717) is 24.7 Å². The number of carbonyl (C=O) groups is 1. The number of hydrogen-bond donors (Lipinski definition) is 1. The molecule has 2 atom stereocenters. The first-order valence-electron chi connectivity index (χ1n) is 10.2. The zero-order valence-electron chi connectivity index (χ0n) is 16.5. The average molecular weight is 414 g/mol. The molecule has 2 aromatic carbocycles. The van der Waals surface area contributed by atoms with Crippen molar-refractivity contribution in [1.82, 2.24) is 4.90 Å². The van der Waals surface area contributed by atoms with Gasteiger partial charge < -0.3 is 19.5 Å². The highest BCUT2D eigenvalue weighted by Gasteiger charge is 2.30. The topological polar surface area (TPSA) is 59.0 Å². The normalized spacial score (nSPS) is 19.6. The summed E-state index contributed by atoms with van der Waals surface area (Å²) in [6.45, 7) is 2.11. The van der Waals surface area contributed by atoms with E-state index in [4.69, 9.17) is 9.47 Å². The predicted octanol–water partition coefficient (Wildman–Crippen LogP) is 3.98. The van der Waals surface area contributed by atoms with Crippen molar-refractivity contribution in [3.63, 3.8) is 0 Å². The lowest BCUT2D eigenvalue weighted by molar-refractivity contribution is -0.129. The Morgan fingerprint density at radius 1 is 1.10 bits per heavy atom. The van der Waals surface area contributed by atoms with Gasteiger partial charge in [-0.25, -0.2) is 0 Å². The van der Waals surface area contributed by atoms with Crippen molar-refractivity contribution in [2.45, 2.75) is 31.4 Å². The molecule has 5 nitrogen and oxygen atoms in total. The highest BCUT2D eigenvalue weighted by atomic mass is 32.2. The first-order valence-corrected chi connectivity index (χ1v) is 11.4. The van der Waals surface area contributed by atoms with Crippen LogP contribution in [-0.2, 0) is 4.79 Å². The Bertz CT molecular complexity index is 829. The third kappa shape index (κ3) is 4.87. The van der Waals surface area contributed by atoms with Gasteiger partial charge in [-0.3, -0.25) is 4.79 Å². The summed E-state index contributed by atoms with van der Waals surface area (Å²) in [4.78, 5) is 14.8. The first-order chi connectivity index (χ1) is 14.2. The van der Waals surface area contributed by atoms with Crippen LogP contribution in [0.2, 0.25) is 0 Å². The van der Waals surface area contributed by atoms with Gasteiger partial charge in [0.15, 0.2) is 11.5 Å². The second-order valence-electron chi connectivity index (χ2n) is 7.44. The number of likely N-dealkylation sites (tertiary alicyclic amines) is 1. The van der Waals surface area contributed by atoms with Gasteiger partial charge in [0.05, 0.1) is 31.1 Å². The Balaban J connectivity index is 1.35. The first kappa shape index (κ1) is 20.1. The molecule has 0 radical (unpaired) electrons. The maximum atomic E-state index is 12.9. The molecule has 0 saturated carbocycles. The quantitative estimate of drug-likeness (QED) is 0.776. The van der Waals surface area contributed by atoms with Crippen LogP contribution in [0.15, 0.2) is 48.5 Å². The van der Waals surface area contributed by atoms with Crippen LogP contribution >= 0.6 is 11.8 Å². The van der Waals surface area contributed by atoms with E-state index in [0.717, 1.165) is 48.4 Å². The zero-order chi connectivity index (χ0) is 20.1. The molecule has 0 bridgehead atoms. The summed E-state index contributed by atoms with van der Waals surface area (Å²) >= 11 is 1.49. The summed E-state index contributed by atoms with van der Waals surface area (Å²) in [7, 11) is 0. The van der Waals surface area contributed by atoms with Crippen LogP contribution in [0.4, 0.5) is 0 Å². The van der Waals surface area contributed by atoms with Crippen molar-refractivity contribution < 1.29 is 19.4 Å². The van der Waals surface area contributed by atoms with Gasteiger partial charge in [-0.1, -0.05) is 36.4 Å². The van der Waals surface area contributed by atoms with Crippen LogP contribution in [0, 0.1) is 0 Å². The standard InChI is InChI=1S/C23H27NO4S/c25-20(17-6-2-1-3-7-17)15-29-16-23(26)24-11-4-8-19(24)18-9-10-21-22(14-18)28-13-5-12-27-21/h1-3,6-7,9-10,14,19-20,25H,4-5,8,11-13,15-16H2. The van der Waals surface area contributed by atoms with E-state index in [1.54, 1.807) is 0 Å². The molecule has 29 heavy (non-hydrogen) atoms. The van der Waals surface area contributed by atoms with Crippen LogP contribution < -0.4 is 9.47 Å². The number of benzene rings is 2. The van der Waals surface area contributed by atoms with Gasteiger partial charge in [-0.2, -0.15) is 0 Å². The molecule has 6 heteroatoms. The number of carbonyl (C=O) groups excluding carboxylic acids is 1. The van der Waals surface area contributed by atoms with Crippen LogP contribution in [0.5, 0.6) is 11.5 Å². The van der Waals surface area contributed by atoms with Crippen molar-refractivity contribution in [2.75, 3.05) is 31.3 Å². The van der Waals surface area contributed by atoms with Gasteiger partial charge in [0.1, 0.15) is 0 Å². The van der Waals surface area contributed by atoms with Crippen LogP contribution in [-0.4, -0.2) is 47.2 Å². The minimum absolute atomic E-state index is 0.0827. The van der Waals surface area contributed by atoms with E-state index < -0.39 is 6.10 Å². The lowest BCUT2D eigenvalue weighted by Crippen LogP contribution is -2.32. The Morgan fingerprint density at radius 3 is 2.72 bits per heavy atom.